The van der Waals surface area contributed by atoms with Crippen LogP contribution < -0.4 is 4.90 Å². The predicted octanol–water partition coefficient (Wildman–Crippen LogP) is 2.73. The molecule has 0 aromatic heterocycles. The zero-order chi connectivity index (χ0) is 15.1. The van der Waals surface area contributed by atoms with Crippen molar-refractivity contribution in [1.29, 1.82) is 0 Å². The van der Waals surface area contributed by atoms with Gasteiger partial charge in [-0.2, -0.15) is 0 Å². The Bertz CT molecular complexity index is 727. The first-order chi connectivity index (χ1) is 9.97. The summed E-state index contributed by atoms with van der Waals surface area (Å²) in [6.45, 7) is 1.67. The fraction of sp³-hybridized carbons (Fsp3) is 0.235. The number of hydrogen-bond acceptors (Lipinski definition) is 2. The largest absolute Gasteiger partial charge is 0.384 e. The molecule has 0 saturated carbocycles. The summed E-state index contributed by atoms with van der Waals surface area (Å²) in [6, 6.07) is 10.1. The first kappa shape index (κ1) is 13.8. The second-order valence-corrected chi connectivity index (χ2v) is 5.43. The predicted molar refractivity (Wildman–Crippen MR) is 78.8 cm³/mol. The van der Waals surface area contributed by atoms with E-state index in [0.717, 1.165) is 11.3 Å². The van der Waals surface area contributed by atoms with E-state index in [0.29, 0.717) is 23.1 Å². The molecule has 1 heterocycles. The number of benzene rings is 2. The molecule has 21 heavy (non-hydrogen) atoms. The molecule has 0 aliphatic carbocycles. The van der Waals surface area contributed by atoms with Crippen LogP contribution in [0.25, 0.3) is 0 Å². The normalized spacial score (nSPS) is 15.2. The monoisotopic (exact) mass is 285 g/mol. The van der Waals surface area contributed by atoms with Crippen LogP contribution in [0.2, 0.25) is 0 Å². The summed E-state index contributed by atoms with van der Waals surface area (Å²) in [5, 5.41) is 10.4. The number of halogens is 1. The lowest BCUT2D eigenvalue weighted by Gasteiger charge is -2.15. The summed E-state index contributed by atoms with van der Waals surface area (Å²) in [7, 11) is 1.74. The van der Waals surface area contributed by atoms with Gasteiger partial charge in [-0.3, -0.25) is 4.79 Å². The summed E-state index contributed by atoms with van der Waals surface area (Å²) in [5.41, 5.74) is 3.65. The number of fused-ring (bicyclic) bond motifs is 1. The van der Waals surface area contributed by atoms with E-state index in [4.69, 9.17) is 0 Å². The molecule has 0 bridgehead atoms. The van der Waals surface area contributed by atoms with Crippen LogP contribution in [0.15, 0.2) is 36.4 Å². The molecule has 1 atom stereocenters. The Kier molecular flexibility index (Phi) is 3.26. The Morgan fingerprint density at radius 3 is 2.57 bits per heavy atom. The number of aliphatic hydroxyl groups is 1. The van der Waals surface area contributed by atoms with Crippen molar-refractivity contribution in [3.05, 3.63) is 64.5 Å². The Balaban J connectivity index is 1.96. The van der Waals surface area contributed by atoms with Gasteiger partial charge in [0.1, 0.15) is 11.9 Å². The van der Waals surface area contributed by atoms with Crippen molar-refractivity contribution in [3.8, 4) is 0 Å². The molecule has 0 saturated heterocycles. The molecule has 1 N–H and O–H groups in total. The van der Waals surface area contributed by atoms with Gasteiger partial charge in [0.15, 0.2) is 0 Å². The number of carbonyl (C=O) groups is 1. The van der Waals surface area contributed by atoms with E-state index < -0.39 is 6.10 Å². The van der Waals surface area contributed by atoms with Gasteiger partial charge >= 0.3 is 0 Å². The maximum absolute atomic E-state index is 13.3. The highest BCUT2D eigenvalue weighted by Crippen LogP contribution is 2.32. The van der Waals surface area contributed by atoms with Crippen LogP contribution in [-0.2, 0) is 11.2 Å². The van der Waals surface area contributed by atoms with Crippen LogP contribution in [0.1, 0.15) is 28.4 Å². The van der Waals surface area contributed by atoms with Crippen molar-refractivity contribution in [2.24, 2.45) is 0 Å². The minimum absolute atomic E-state index is 0.0502. The number of hydrogen-bond donors (Lipinski definition) is 1. The third kappa shape index (κ3) is 2.32. The van der Waals surface area contributed by atoms with Gasteiger partial charge in [-0.1, -0.05) is 24.3 Å². The standard InChI is InChI=1S/C17H16FNO2/c1-10-7-11(3-5-14(10)18)17(21)12-4-6-15-13(8-12)9-16(20)19(15)2/h3-8,17,21H,9H2,1-2H3. The lowest BCUT2D eigenvalue weighted by Crippen LogP contribution is -2.20. The molecular formula is C17H16FNO2. The Morgan fingerprint density at radius 1 is 1.19 bits per heavy atom. The zero-order valence-corrected chi connectivity index (χ0v) is 11.9. The highest BCUT2D eigenvalue weighted by atomic mass is 19.1. The van der Waals surface area contributed by atoms with Crippen molar-refractivity contribution in [2.45, 2.75) is 19.4 Å². The van der Waals surface area contributed by atoms with E-state index >= 15 is 0 Å². The summed E-state index contributed by atoms with van der Waals surface area (Å²) in [4.78, 5) is 13.3. The Morgan fingerprint density at radius 2 is 1.86 bits per heavy atom. The highest BCUT2D eigenvalue weighted by molar-refractivity contribution is 6.00. The summed E-state index contributed by atoms with van der Waals surface area (Å²) in [5.74, 6) is -0.235. The third-order valence-corrected chi connectivity index (χ3v) is 3.99. The van der Waals surface area contributed by atoms with Gasteiger partial charge in [-0.15, -0.1) is 0 Å². The molecule has 3 nitrogen and oxygen atoms in total. The molecule has 2 aromatic carbocycles. The molecule has 1 unspecified atom stereocenters. The molecule has 0 radical (unpaired) electrons. The van der Waals surface area contributed by atoms with E-state index in [1.807, 2.05) is 12.1 Å². The Hall–Kier alpha value is -2.20. The van der Waals surface area contributed by atoms with Crippen molar-refractivity contribution in [2.75, 3.05) is 11.9 Å². The van der Waals surface area contributed by atoms with Crippen LogP contribution in [0.4, 0.5) is 10.1 Å². The molecule has 0 spiro atoms. The van der Waals surface area contributed by atoms with Crippen LogP contribution >= 0.6 is 0 Å². The van der Waals surface area contributed by atoms with Crippen molar-refractivity contribution < 1.29 is 14.3 Å². The van der Waals surface area contributed by atoms with Crippen LogP contribution in [0.5, 0.6) is 0 Å². The van der Waals surface area contributed by atoms with Crippen LogP contribution in [0.3, 0.4) is 0 Å². The number of amides is 1. The van der Waals surface area contributed by atoms with Crippen molar-refractivity contribution >= 4 is 11.6 Å². The molecule has 3 rings (SSSR count). The number of nitrogens with zero attached hydrogens (tertiary/aromatic N) is 1. The summed E-state index contributed by atoms with van der Waals surface area (Å²) < 4.78 is 13.3. The summed E-state index contributed by atoms with van der Waals surface area (Å²) >= 11 is 0. The molecule has 1 aliphatic rings. The Labute approximate surface area is 122 Å². The first-order valence-electron chi connectivity index (χ1n) is 6.81. The van der Waals surface area contributed by atoms with Gasteiger partial charge in [0.25, 0.3) is 0 Å². The van der Waals surface area contributed by atoms with Crippen LogP contribution in [0, 0.1) is 12.7 Å². The number of anilines is 1. The number of aryl methyl sites for hydroxylation is 1. The highest BCUT2D eigenvalue weighted by Gasteiger charge is 2.25. The van der Waals surface area contributed by atoms with Crippen LogP contribution in [-0.4, -0.2) is 18.1 Å². The second kappa shape index (κ2) is 4.97. The lowest BCUT2D eigenvalue weighted by molar-refractivity contribution is -0.117. The molecule has 1 aliphatic heterocycles. The number of rotatable bonds is 2. The second-order valence-electron chi connectivity index (χ2n) is 5.43. The van der Waals surface area contributed by atoms with E-state index in [9.17, 15) is 14.3 Å². The first-order valence-corrected chi connectivity index (χ1v) is 6.81. The van der Waals surface area contributed by atoms with Gasteiger partial charge in [0.05, 0.1) is 6.42 Å². The SMILES string of the molecule is Cc1cc(C(O)c2ccc3c(c2)CC(=O)N3C)ccc1F. The lowest BCUT2D eigenvalue weighted by atomic mass is 9.97. The molecule has 108 valence electrons. The smallest absolute Gasteiger partial charge is 0.231 e. The fourth-order valence-corrected chi connectivity index (χ4v) is 2.69. The summed E-state index contributed by atoms with van der Waals surface area (Å²) in [6.07, 6.45) is -0.468. The molecule has 1 amide bonds. The quantitative estimate of drug-likeness (QED) is 0.921. The minimum atomic E-state index is -0.824. The molecule has 0 fully saturated rings. The number of aliphatic hydroxyl groups excluding tert-OH is 1. The fourth-order valence-electron chi connectivity index (χ4n) is 2.69. The molecular weight excluding hydrogens is 269 g/mol. The van der Waals surface area contributed by atoms with Crippen molar-refractivity contribution in [3.63, 3.8) is 0 Å². The third-order valence-electron chi connectivity index (χ3n) is 3.99. The van der Waals surface area contributed by atoms with Crippen molar-refractivity contribution in [1.82, 2.24) is 0 Å². The van der Waals surface area contributed by atoms with Gasteiger partial charge in [0.2, 0.25) is 5.91 Å². The van der Waals surface area contributed by atoms with Gasteiger partial charge in [0, 0.05) is 12.7 Å². The van der Waals surface area contributed by atoms with Gasteiger partial charge in [-0.25, -0.2) is 4.39 Å². The van der Waals surface area contributed by atoms with E-state index in [1.165, 1.54) is 6.07 Å². The minimum Gasteiger partial charge on any atom is -0.384 e. The zero-order valence-electron chi connectivity index (χ0n) is 11.9. The maximum Gasteiger partial charge on any atom is 0.231 e. The van der Waals surface area contributed by atoms with E-state index in [-0.39, 0.29) is 11.7 Å². The van der Waals surface area contributed by atoms with Gasteiger partial charge in [-0.05, 0) is 41.3 Å². The molecule has 4 heteroatoms. The number of likely N-dealkylation sites (N-methyl/N-ethyl adjacent to an activating group) is 1. The molecule has 2 aromatic rings. The topological polar surface area (TPSA) is 40.5 Å². The average Bonchev–Trinajstić information content (AvgIpc) is 2.76. The van der Waals surface area contributed by atoms with Gasteiger partial charge < -0.3 is 10.0 Å². The maximum atomic E-state index is 13.3. The average molecular weight is 285 g/mol. The van der Waals surface area contributed by atoms with E-state index in [2.05, 4.69) is 0 Å². The van der Waals surface area contributed by atoms with E-state index in [1.54, 1.807) is 37.1 Å². The number of carbonyl (C=O) groups excluding carboxylic acids is 1.